The van der Waals surface area contributed by atoms with E-state index in [9.17, 15) is 0 Å². The van der Waals surface area contributed by atoms with Crippen molar-refractivity contribution in [3.8, 4) is 11.3 Å². The summed E-state index contributed by atoms with van der Waals surface area (Å²) >= 11 is 0. The van der Waals surface area contributed by atoms with Gasteiger partial charge < -0.3 is 10.2 Å². The molecule has 0 aliphatic carbocycles. The summed E-state index contributed by atoms with van der Waals surface area (Å²) in [5.74, 6) is 1.03. The van der Waals surface area contributed by atoms with E-state index >= 15 is 0 Å². The molecule has 0 aliphatic heterocycles. The number of aromatic nitrogens is 4. The van der Waals surface area contributed by atoms with E-state index in [2.05, 4.69) is 65.2 Å². The van der Waals surface area contributed by atoms with Crippen LogP contribution in [0.5, 0.6) is 0 Å². The van der Waals surface area contributed by atoms with Gasteiger partial charge in [0.25, 0.3) is 0 Å². The second-order valence-electron chi connectivity index (χ2n) is 5.93. The van der Waals surface area contributed by atoms with Crippen molar-refractivity contribution in [2.75, 3.05) is 26.0 Å². The summed E-state index contributed by atoms with van der Waals surface area (Å²) < 4.78 is 0. The second kappa shape index (κ2) is 6.67. The second-order valence-corrected chi connectivity index (χ2v) is 5.93. The Morgan fingerprint density at radius 1 is 1.29 bits per heavy atom. The van der Waals surface area contributed by atoms with Gasteiger partial charge in [-0.1, -0.05) is 13.8 Å². The summed E-state index contributed by atoms with van der Waals surface area (Å²) in [6.45, 7) is 7.32. The van der Waals surface area contributed by atoms with Gasteiger partial charge >= 0.3 is 0 Å². The fourth-order valence-electron chi connectivity index (χ4n) is 2.33. The molecule has 0 saturated heterocycles. The predicted molar refractivity (Wildman–Crippen MR) is 85.3 cm³/mol. The van der Waals surface area contributed by atoms with Gasteiger partial charge in [-0.2, -0.15) is 5.10 Å². The quantitative estimate of drug-likeness (QED) is 0.854. The van der Waals surface area contributed by atoms with Gasteiger partial charge in [-0.25, -0.2) is 9.97 Å². The van der Waals surface area contributed by atoms with Crippen LogP contribution in [-0.4, -0.2) is 51.7 Å². The van der Waals surface area contributed by atoms with Gasteiger partial charge in [0, 0.05) is 30.0 Å². The molecule has 0 amide bonds. The minimum absolute atomic E-state index is 0.282. The van der Waals surface area contributed by atoms with Crippen molar-refractivity contribution < 1.29 is 0 Å². The molecular formula is C15H24N6. The van der Waals surface area contributed by atoms with E-state index in [0.717, 1.165) is 23.5 Å². The first-order valence-electron chi connectivity index (χ1n) is 7.25. The molecule has 0 bridgehead atoms. The molecule has 1 atom stereocenters. The van der Waals surface area contributed by atoms with Crippen molar-refractivity contribution in [1.82, 2.24) is 25.1 Å². The molecule has 0 spiro atoms. The smallest absolute Gasteiger partial charge is 0.223 e. The monoisotopic (exact) mass is 288 g/mol. The first-order chi connectivity index (χ1) is 9.97. The van der Waals surface area contributed by atoms with Gasteiger partial charge in [0.1, 0.15) is 0 Å². The molecule has 0 aliphatic rings. The van der Waals surface area contributed by atoms with E-state index in [1.54, 1.807) is 6.20 Å². The number of likely N-dealkylation sites (N-methyl/N-ethyl adjacent to an activating group) is 1. The predicted octanol–water partition coefficient (Wildman–Crippen LogP) is 2.35. The summed E-state index contributed by atoms with van der Waals surface area (Å²) in [7, 11) is 4.10. The average molecular weight is 288 g/mol. The fraction of sp³-hybridized carbons (Fsp3) is 0.533. The zero-order valence-corrected chi connectivity index (χ0v) is 13.4. The summed E-state index contributed by atoms with van der Waals surface area (Å²) in [6.07, 6.45) is 3.61. The maximum atomic E-state index is 4.60. The molecule has 2 rings (SSSR count). The topological polar surface area (TPSA) is 69.7 Å². The molecule has 21 heavy (non-hydrogen) atoms. The summed E-state index contributed by atoms with van der Waals surface area (Å²) in [5.41, 5.74) is 3.03. The molecule has 0 radical (unpaired) electrons. The minimum Gasteiger partial charge on any atom is -0.350 e. The van der Waals surface area contributed by atoms with Crippen molar-refractivity contribution in [3.05, 3.63) is 24.2 Å². The summed E-state index contributed by atoms with van der Waals surface area (Å²) in [5, 5.41) is 10.5. The molecule has 114 valence electrons. The third-order valence-corrected chi connectivity index (χ3v) is 3.19. The molecule has 2 heterocycles. The van der Waals surface area contributed by atoms with Crippen LogP contribution < -0.4 is 5.32 Å². The molecule has 1 unspecified atom stereocenters. The average Bonchev–Trinajstić information content (AvgIpc) is 2.87. The first kappa shape index (κ1) is 15.4. The lowest BCUT2D eigenvalue weighted by molar-refractivity contribution is 0.391. The maximum absolute atomic E-state index is 4.60. The maximum Gasteiger partial charge on any atom is 0.223 e. The zero-order valence-electron chi connectivity index (χ0n) is 13.4. The molecule has 2 aromatic heterocycles. The summed E-state index contributed by atoms with van der Waals surface area (Å²) in [6, 6.07) is 2.20. The highest BCUT2D eigenvalue weighted by Gasteiger charge is 2.13. The Balaban J connectivity index is 2.19. The SMILES string of the molecule is CC(CN(C)C)Nc1nccc(-c2cn[nH]c2C(C)C)n1. The Labute approximate surface area is 126 Å². The van der Waals surface area contributed by atoms with Crippen LogP contribution in [0.3, 0.4) is 0 Å². The minimum atomic E-state index is 0.282. The van der Waals surface area contributed by atoms with Crippen LogP contribution in [0.2, 0.25) is 0 Å². The number of H-pyrrole nitrogens is 1. The molecule has 0 saturated carbocycles. The largest absolute Gasteiger partial charge is 0.350 e. The fourth-order valence-corrected chi connectivity index (χ4v) is 2.33. The van der Waals surface area contributed by atoms with Crippen LogP contribution in [0.25, 0.3) is 11.3 Å². The van der Waals surface area contributed by atoms with Gasteiger partial charge in [0.2, 0.25) is 5.95 Å². The Hall–Kier alpha value is -1.95. The molecule has 6 heteroatoms. The van der Waals surface area contributed by atoms with Crippen LogP contribution in [-0.2, 0) is 0 Å². The van der Waals surface area contributed by atoms with Gasteiger partial charge in [-0.05, 0) is 33.0 Å². The lowest BCUT2D eigenvalue weighted by Crippen LogP contribution is -2.30. The van der Waals surface area contributed by atoms with Crippen LogP contribution in [0, 0.1) is 0 Å². The lowest BCUT2D eigenvalue weighted by atomic mass is 10.0. The van der Waals surface area contributed by atoms with Crippen molar-refractivity contribution in [3.63, 3.8) is 0 Å². The van der Waals surface area contributed by atoms with Gasteiger partial charge in [0.15, 0.2) is 0 Å². The molecule has 0 aromatic carbocycles. The molecule has 0 fully saturated rings. The third kappa shape index (κ3) is 4.01. The highest BCUT2D eigenvalue weighted by Crippen LogP contribution is 2.25. The van der Waals surface area contributed by atoms with Gasteiger partial charge in [-0.3, -0.25) is 5.10 Å². The van der Waals surface area contributed by atoms with Crippen molar-refractivity contribution in [2.45, 2.75) is 32.7 Å². The molecular weight excluding hydrogens is 264 g/mol. The Kier molecular flexibility index (Phi) is 4.90. The van der Waals surface area contributed by atoms with Crippen molar-refractivity contribution in [2.24, 2.45) is 0 Å². The Morgan fingerprint density at radius 2 is 2.05 bits per heavy atom. The molecule has 2 N–H and O–H groups in total. The highest BCUT2D eigenvalue weighted by molar-refractivity contribution is 5.62. The van der Waals surface area contributed by atoms with Crippen LogP contribution in [0.1, 0.15) is 32.4 Å². The van der Waals surface area contributed by atoms with E-state index in [0.29, 0.717) is 11.9 Å². The Bertz CT molecular complexity index is 575. The summed E-state index contributed by atoms with van der Waals surface area (Å²) in [4.78, 5) is 11.0. The number of hydrogen-bond acceptors (Lipinski definition) is 5. The number of aromatic amines is 1. The number of nitrogens with zero attached hydrogens (tertiary/aromatic N) is 4. The molecule has 2 aromatic rings. The van der Waals surface area contributed by atoms with E-state index in [1.807, 2.05) is 12.3 Å². The highest BCUT2D eigenvalue weighted by atomic mass is 15.2. The third-order valence-electron chi connectivity index (χ3n) is 3.19. The number of anilines is 1. The van der Waals surface area contributed by atoms with E-state index in [4.69, 9.17) is 0 Å². The van der Waals surface area contributed by atoms with Gasteiger partial charge in [-0.15, -0.1) is 0 Å². The number of hydrogen-bond donors (Lipinski definition) is 2. The Morgan fingerprint density at radius 3 is 2.71 bits per heavy atom. The molecule has 6 nitrogen and oxygen atoms in total. The first-order valence-corrected chi connectivity index (χ1v) is 7.25. The van der Waals surface area contributed by atoms with Crippen LogP contribution >= 0.6 is 0 Å². The van der Waals surface area contributed by atoms with E-state index in [-0.39, 0.29) is 6.04 Å². The van der Waals surface area contributed by atoms with Crippen LogP contribution in [0.15, 0.2) is 18.5 Å². The van der Waals surface area contributed by atoms with Crippen LogP contribution in [0.4, 0.5) is 5.95 Å². The zero-order chi connectivity index (χ0) is 15.4. The van der Waals surface area contributed by atoms with E-state index < -0.39 is 0 Å². The normalized spacial score (nSPS) is 12.9. The van der Waals surface area contributed by atoms with E-state index in [1.165, 1.54) is 0 Å². The van der Waals surface area contributed by atoms with Crippen molar-refractivity contribution in [1.29, 1.82) is 0 Å². The van der Waals surface area contributed by atoms with Gasteiger partial charge in [0.05, 0.1) is 11.9 Å². The lowest BCUT2D eigenvalue weighted by Gasteiger charge is -2.18. The number of rotatable bonds is 6. The van der Waals surface area contributed by atoms with Crippen molar-refractivity contribution >= 4 is 5.95 Å². The number of nitrogens with one attached hydrogen (secondary N) is 2. The standard InChI is InChI=1S/C15H24N6/c1-10(2)14-12(8-17-20-14)13-6-7-16-15(19-13)18-11(3)9-21(4)5/h6-8,10-11H,9H2,1-5H3,(H,17,20)(H,16,18,19).